The molecule has 0 aliphatic carbocycles. The van der Waals surface area contributed by atoms with Crippen LogP contribution in [0, 0.1) is 0 Å². The molecular weight excluding hydrogens is 551 g/mol. The molecule has 0 bridgehead atoms. The number of unbranched alkanes of at least 4 members (excludes halogenated alkanes) is 30. The topological polar surface area (TPSA) is 60.4 Å². The first-order chi connectivity index (χ1) is 21.1. The third-order valence-electron chi connectivity index (χ3n) is 9.04. The fraction of sp³-hybridized carbons (Fsp3) is 0.974. The van der Waals surface area contributed by atoms with Crippen LogP contribution in [0.25, 0.3) is 0 Å². The van der Waals surface area contributed by atoms with E-state index in [-0.39, 0.29) is 5.97 Å². The Morgan fingerprint density at radius 1 is 0.419 bits per heavy atom. The lowest BCUT2D eigenvalue weighted by Crippen LogP contribution is -2.13. The summed E-state index contributed by atoms with van der Waals surface area (Å²) in [6.45, 7) is 4.55. The zero-order chi connectivity index (χ0) is 31.5. The molecular formula is C38H75O4P. The highest BCUT2D eigenvalue weighted by molar-refractivity contribution is 7.31. The number of carbonyl (C=O) groups excluding carboxylic acids is 1. The highest BCUT2D eigenvalue weighted by Gasteiger charge is 2.19. The molecule has 0 saturated heterocycles. The molecule has 0 aromatic rings. The van der Waals surface area contributed by atoms with Gasteiger partial charge in [0.2, 0.25) is 5.85 Å². The highest BCUT2D eigenvalue weighted by Crippen LogP contribution is 2.24. The Labute approximate surface area is 269 Å². The van der Waals surface area contributed by atoms with Crippen LogP contribution >= 0.6 is 7.68 Å². The quantitative estimate of drug-likeness (QED) is 0.0394. The third-order valence-corrected chi connectivity index (χ3v) is 9.88. The van der Waals surface area contributed by atoms with Crippen molar-refractivity contribution in [2.75, 3.05) is 0 Å². The summed E-state index contributed by atoms with van der Waals surface area (Å²) in [5, 5.41) is 0. The molecule has 43 heavy (non-hydrogen) atoms. The van der Waals surface area contributed by atoms with Gasteiger partial charge in [-0.3, -0.25) is 4.79 Å². The summed E-state index contributed by atoms with van der Waals surface area (Å²) in [5.41, 5.74) is 0. The summed E-state index contributed by atoms with van der Waals surface area (Å²) >= 11 is 0. The summed E-state index contributed by atoms with van der Waals surface area (Å²) in [6.07, 6.45) is 42.3. The Morgan fingerprint density at radius 2 is 0.674 bits per heavy atom. The van der Waals surface area contributed by atoms with Crippen molar-refractivity contribution in [1.29, 1.82) is 0 Å². The summed E-state index contributed by atoms with van der Waals surface area (Å²) < 4.78 is 28.5. The molecule has 0 N–H and O–H groups in total. The van der Waals surface area contributed by atoms with E-state index in [9.17, 15) is 13.9 Å². The number of carbonyl (C=O) groups is 1. The van der Waals surface area contributed by atoms with Crippen LogP contribution in [0.2, 0.25) is 0 Å². The van der Waals surface area contributed by atoms with E-state index >= 15 is 0 Å². The molecule has 4 nitrogen and oxygen atoms in total. The van der Waals surface area contributed by atoms with E-state index in [1.54, 1.807) is 0 Å². The zero-order valence-electron chi connectivity index (χ0n) is 29.2. The van der Waals surface area contributed by atoms with Crippen LogP contribution in [-0.2, 0) is 18.7 Å². The van der Waals surface area contributed by atoms with Crippen LogP contribution in [0.3, 0.4) is 0 Å². The Hall–Kier alpha value is -0.630. The molecule has 1 atom stereocenters. The average molecular weight is 627 g/mol. The SMILES string of the molecule is CCCCCCCCCCCCCCCCCCCC(OC(=O)CCCCCCCCCCCCCCCCC)P(=O)=O. The van der Waals surface area contributed by atoms with Gasteiger partial charge in [-0.15, -0.1) is 0 Å². The second-order valence-electron chi connectivity index (χ2n) is 13.4. The van der Waals surface area contributed by atoms with Crippen molar-refractivity contribution in [1.82, 2.24) is 0 Å². The molecule has 0 radical (unpaired) electrons. The van der Waals surface area contributed by atoms with Gasteiger partial charge in [0.15, 0.2) is 0 Å². The lowest BCUT2D eigenvalue weighted by atomic mass is 10.0. The minimum Gasteiger partial charge on any atom is -0.447 e. The first kappa shape index (κ1) is 42.4. The van der Waals surface area contributed by atoms with Crippen LogP contribution < -0.4 is 0 Å². The molecule has 256 valence electrons. The van der Waals surface area contributed by atoms with E-state index < -0.39 is 13.5 Å². The first-order valence-electron chi connectivity index (χ1n) is 19.4. The minimum atomic E-state index is -2.72. The predicted octanol–water partition coefficient (Wildman–Crippen LogP) is 14.3. The lowest BCUT2D eigenvalue weighted by molar-refractivity contribution is -0.145. The van der Waals surface area contributed by atoms with Gasteiger partial charge in [0.05, 0.1) is 0 Å². The van der Waals surface area contributed by atoms with Crippen LogP contribution in [0.1, 0.15) is 232 Å². The van der Waals surface area contributed by atoms with E-state index in [1.165, 1.54) is 167 Å². The highest BCUT2D eigenvalue weighted by atomic mass is 31.1. The molecule has 0 amide bonds. The van der Waals surface area contributed by atoms with Crippen molar-refractivity contribution >= 4 is 13.6 Å². The van der Waals surface area contributed by atoms with E-state index in [2.05, 4.69) is 13.8 Å². The van der Waals surface area contributed by atoms with Crippen LogP contribution in [0.5, 0.6) is 0 Å². The summed E-state index contributed by atoms with van der Waals surface area (Å²) in [4.78, 5) is 12.2. The molecule has 5 heteroatoms. The molecule has 1 unspecified atom stereocenters. The molecule has 0 saturated carbocycles. The number of hydrogen-bond donors (Lipinski definition) is 0. The maximum absolute atomic E-state index is 12.2. The fourth-order valence-electron chi connectivity index (χ4n) is 6.10. The second-order valence-corrected chi connectivity index (χ2v) is 14.5. The predicted molar refractivity (Wildman–Crippen MR) is 186 cm³/mol. The number of ether oxygens (including phenoxy) is 1. The smallest absolute Gasteiger partial charge is 0.357 e. The van der Waals surface area contributed by atoms with Gasteiger partial charge in [0, 0.05) is 6.42 Å². The molecule has 0 rings (SSSR count). The fourth-order valence-corrected chi connectivity index (χ4v) is 6.70. The van der Waals surface area contributed by atoms with Crippen molar-refractivity contribution in [3.8, 4) is 0 Å². The van der Waals surface area contributed by atoms with Crippen LogP contribution in [0.15, 0.2) is 0 Å². The Bertz CT molecular complexity index is 625. The van der Waals surface area contributed by atoms with Crippen LogP contribution in [-0.4, -0.2) is 11.8 Å². The van der Waals surface area contributed by atoms with Crippen molar-refractivity contribution in [3.05, 3.63) is 0 Å². The molecule has 0 fully saturated rings. The van der Waals surface area contributed by atoms with E-state index in [1.807, 2.05) is 0 Å². The number of hydrogen-bond acceptors (Lipinski definition) is 4. The zero-order valence-corrected chi connectivity index (χ0v) is 30.1. The Morgan fingerprint density at radius 3 is 0.953 bits per heavy atom. The van der Waals surface area contributed by atoms with Crippen LogP contribution in [0.4, 0.5) is 0 Å². The standard InChI is InChI=1S/C38H75O4P/c1-3-5-7-9-11-13-15-17-19-20-22-24-26-28-30-32-34-36-38(43(40)41)42-37(39)35-33-31-29-27-25-23-21-18-16-14-12-10-8-6-4-2/h38H,3-36H2,1-2H3. The van der Waals surface area contributed by atoms with Gasteiger partial charge < -0.3 is 4.74 Å². The van der Waals surface area contributed by atoms with Gasteiger partial charge in [0.1, 0.15) is 0 Å². The largest absolute Gasteiger partial charge is 0.447 e. The molecule has 0 spiro atoms. The maximum Gasteiger partial charge on any atom is 0.357 e. The molecule has 0 aromatic carbocycles. The van der Waals surface area contributed by atoms with Gasteiger partial charge >= 0.3 is 13.6 Å². The normalized spacial score (nSPS) is 12.0. The lowest BCUT2D eigenvalue weighted by Gasteiger charge is -2.11. The number of esters is 1. The first-order valence-corrected chi connectivity index (χ1v) is 20.7. The third kappa shape index (κ3) is 34.1. The Balaban J connectivity index is 3.50. The van der Waals surface area contributed by atoms with Gasteiger partial charge in [-0.25, -0.2) is 9.13 Å². The van der Waals surface area contributed by atoms with Crippen molar-refractivity contribution in [2.45, 2.75) is 238 Å². The number of rotatable bonds is 36. The summed E-state index contributed by atoms with van der Waals surface area (Å²) in [5.74, 6) is -1.28. The molecule has 0 aromatic heterocycles. The molecule has 0 aliphatic rings. The average Bonchev–Trinajstić information content (AvgIpc) is 3.00. The molecule has 0 aliphatic heterocycles. The van der Waals surface area contributed by atoms with E-state index in [0.29, 0.717) is 12.8 Å². The van der Waals surface area contributed by atoms with Crippen molar-refractivity contribution in [3.63, 3.8) is 0 Å². The van der Waals surface area contributed by atoms with Crippen molar-refractivity contribution in [2.24, 2.45) is 0 Å². The van der Waals surface area contributed by atoms with Gasteiger partial charge in [-0.1, -0.05) is 206 Å². The monoisotopic (exact) mass is 627 g/mol. The minimum absolute atomic E-state index is 0.342. The molecule has 0 heterocycles. The van der Waals surface area contributed by atoms with Crippen molar-refractivity contribution < 1.29 is 18.7 Å². The van der Waals surface area contributed by atoms with Gasteiger partial charge in [-0.05, 0) is 19.3 Å². The van der Waals surface area contributed by atoms with Gasteiger partial charge in [-0.2, -0.15) is 0 Å². The summed E-state index contributed by atoms with van der Waals surface area (Å²) in [7, 11) is -2.72. The maximum atomic E-state index is 12.2. The Kier molecular flexibility index (Phi) is 35.3. The van der Waals surface area contributed by atoms with Gasteiger partial charge in [0.25, 0.3) is 0 Å². The summed E-state index contributed by atoms with van der Waals surface area (Å²) in [6, 6.07) is 0. The second kappa shape index (κ2) is 35.8. The van der Waals surface area contributed by atoms with E-state index in [4.69, 9.17) is 4.74 Å². The van der Waals surface area contributed by atoms with E-state index in [0.717, 1.165) is 38.5 Å².